The van der Waals surface area contributed by atoms with Crippen molar-refractivity contribution in [1.29, 1.82) is 0 Å². The lowest BCUT2D eigenvalue weighted by Crippen LogP contribution is -2.36. The molecule has 5 rings (SSSR count). The number of allylic oxidation sites excluding steroid dienone is 2. The smallest absolute Gasteiger partial charge is 0.374 e. The molecule has 0 atom stereocenters. The molecule has 42 heavy (non-hydrogen) atoms. The van der Waals surface area contributed by atoms with Crippen molar-refractivity contribution in [2.75, 3.05) is 23.0 Å². The number of hydrogen-bond acceptors (Lipinski definition) is 7. The van der Waals surface area contributed by atoms with Gasteiger partial charge in [0.05, 0.1) is 33.7 Å². The number of unbranched alkanes of at least 4 members (excludes halogenated alkanes) is 1. The quantitative estimate of drug-likeness (QED) is 0.109. The highest BCUT2D eigenvalue weighted by Gasteiger charge is 2.27. The molecule has 0 amide bonds. The van der Waals surface area contributed by atoms with Gasteiger partial charge in [-0.3, -0.25) is 9.11 Å². The average Bonchev–Trinajstić information content (AvgIpc) is 3.47. The molecule has 222 valence electrons. The Morgan fingerprint density at radius 2 is 1.64 bits per heavy atom. The van der Waals surface area contributed by atoms with Gasteiger partial charge in [0.25, 0.3) is 25.8 Å². The number of fused-ring (bicyclic) bond motifs is 4. The topological polar surface area (TPSA) is 129 Å². The van der Waals surface area contributed by atoms with Crippen LogP contribution in [0.3, 0.4) is 0 Å². The van der Waals surface area contributed by atoms with E-state index in [2.05, 4.69) is 17.0 Å². The Labute approximate surface area is 250 Å². The zero-order valence-electron chi connectivity index (χ0n) is 23.1. The number of nitrogens with zero attached hydrogens (tertiary/aromatic N) is 2. The van der Waals surface area contributed by atoms with Gasteiger partial charge in [0, 0.05) is 17.9 Å². The van der Waals surface area contributed by atoms with Crippen LogP contribution in [0.5, 0.6) is 0 Å². The fourth-order valence-electron chi connectivity index (χ4n) is 5.12. The highest BCUT2D eigenvalue weighted by Crippen LogP contribution is 2.46. The van der Waals surface area contributed by atoms with E-state index >= 15 is 0 Å². The largest absolute Gasteiger partial charge is 0.398 e. The maximum absolute atomic E-state index is 11.5. The Bertz CT molecular complexity index is 1890. The molecule has 9 nitrogen and oxygen atoms in total. The van der Waals surface area contributed by atoms with Crippen molar-refractivity contribution in [2.45, 2.75) is 44.0 Å². The summed E-state index contributed by atoms with van der Waals surface area (Å²) in [7, 11) is -8.11. The van der Waals surface area contributed by atoms with Crippen molar-refractivity contribution in [1.82, 2.24) is 0 Å². The van der Waals surface area contributed by atoms with E-state index in [0.29, 0.717) is 43.8 Å². The minimum Gasteiger partial charge on any atom is -0.398 e. The molecule has 0 saturated carbocycles. The van der Waals surface area contributed by atoms with E-state index in [9.17, 15) is 21.4 Å². The fraction of sp³-hybridized carbons (Fsp3) is 0.300. The van der Waals surface area contributed by atoms with Crippen LogP contribution >= 0.6 is 11.8 Å². The molecule has 1 aromatic heterocycles. The van der Waals surface area contributed by atoms with Crippen molar-refractivity contribution >= 4 is 65.6 Å². The number of hydrogen-bond donors (Lipinski definition) is 2. The number of thioether (sulfide) groups is 1. The average molecular weight is 630 g/mol. The van der Waals surface area contributed by atoms with Gasteiger partial charge in [-0.25, -0.2) is 0 Å². The molecular weight excluding hydrogens is 597 g/mol. The number of rotatable bonds is 12. The Morgan fingerprint density at radius 3 is 2.40 bits per heavy atom. The molecule has 0 aliphatic carbocycles. The van der Waals surface area contributed by atoms with Gasteiger partial charge in [0.1, 0.15) is 0 Å². The minimum absolute atomic E-state index is 0.216. The van der Waals surface area contributed by atoms with E-state index < -0.39 is 20.2 Å². The summed E-state index contributed by atoms with van der Waals surface area (Å²) in [6.07, 6.45) is 5.91. The second-order valence-corrected chi connectivity index (χ2v) is 14.3. The first-order valence-corrected chi connectivity index (χ1v) is 17.8. The van der Waals surface area contributed by atoms with Crippen LogP contribution in [0.25, 0.3) is 27.9 Å². The van der Waals surface area contributed by atoms with Crippen molar-refractivity contribution in [3.05, 3.63) is 83.2 Å². The second-order valence-electron chi connectivity index (χ2n) is 10.1. The lowest BCUT2D eigenvalue weighted by atomic mass is 10.1. The number of para-hydroxylation sites is 1. The molecule has 0 bridgehead atoms. The van der Waals surface area contributed by atoms with E-state index in [0.717, 1.165) is 37.5 Å². The fourth-order valence-corrected chi connectivity index (χ4v) is 7.34. The van der Waals surface area contributed by atoms with Crippen molar-refractivity contribution < 1.29 is 34.9 Å². The number of aromatic nitrogens is 1. The Hall–Kier alpha value is -3.16. The highest BCUT2D eigenvalue weighted by atomic mass is 32.2. The van der Waals surface area contributed by atoms with Crippen LogP contribution in [0.2, 0.25) is 0 Å². The number of benzene rings is 3. The van der Waals surface area contributed by atoms with Crippen molar-refractivity contribution in [2.24, 2.45) is 0 Å². The minimum atomic E-state index is -4.10. The van der Waals surface area contributed by atoms with Gasteiger partial charge in [0.15, 0.2) is 6.54 Å². The summed E-state index contributed by atoms with van der Waals surface area (Å²) < 4.78 is 72.1. The summed E-state index contributed by atoms with van der Waals surface area (Å²) >= 11 is 1.64. The van der Waals surface area contributed by atoms with Crippen LogP contribution in [-0.2, 0) is 26.8 Å². The first-order chi connectivity index (χ1) is 20.0. The summed E-state index contributed by atoms with van der Waals surface area (Å²) in [4.78, 5) is 3.27. The van der Waals surface area contributed by atoms with Crippen LogP contribution in [0.1, 0.15) is 38.5 Å². The summed E-state index contributed by atoms with van der Waals surface area (Å²) in [5.41, 5.74) is 3.57. The molecule has 0 spiro atoms. The van der Waals surface area contributed by atoms with Crippen LogP contribution in [-0.4, -0.2) is 44.0 Å². The summed E-state index contributed by atoms with van der Waals surface area (Å²) in [5.74, 6) is -0.0505. The van der Waals surface area contributed by atoms with E-state index in [1.165, 1.54) is 0 Å². The molecule has 4 aromatic rings. The molecule has 1 aliphatic heterocycles. The Kier molecular flexibility index (Phi) is 9.09. The molecular formula is C30H33N2O7S3+. The standard InChI is InChI=1S/C30H32N2O7S3/c1-2-22(21-29-31(16-7-8-18-41(33,34)35)25-12-5-6-13-27(25)40-29)20-28-32(17-9-19-42(36,37)38)30-24-11-4-3-10-23(24)14-15-26(30)39-28/h3-6,10-15,20-21H,2,7-9,16-19H2,1H3,(H-,33,34,35,36,37,38)/p+1. The van der Waals surface area contributed by atoms with Gasteiger partial charge >= 0.3 is 5.89 Å². The van der Waals surface area contributed by atoms with Gasteiger partial charge in [-0.1, -0.05) is 55.1 Å². The van der Waals surface area contributed by atoms with Gasteiger partial charge in [0.2, 0.25) is 5.58 Å². The number of aryl methyl sites for hydroxylation is 1. The molecule has 0 radical (unpaired) electrons. The first kappa shape index (κ1) is 30.3. The molecule has 1 aliphatic rings. The molecule has 12 heteroatoms. The van der Waals surface area contributed by atoms with E-state index in [-0.39, 0.29) is 17.9 Å². The maximum Gasteiger partial charge on any atom is 0.374 e. The molecule has 2 N–H and O–H groups in total. The third kappa shape index (κ3) is 7.24. The van der Waals surface area contributed by atoms with Crippen molar-refractivity contribution in [3.63, 3.8) is 0 Å². The predicted octanol–water partition coefficient (Wildman–Crippen LogP) is 6.07. The van der Waals surface area contributed by atoms with Gasteiger partial charge < -0.3 is 9.32 Å². The molecule has 2 heterocycles. The molecule has 0 saturated heterocycles. The van der Waals surface area contributed by atoms with E-state index in [4.69, 9.17) is 8.97 Å². The Balaban J connectivity index is 1.52. The van der Waals surface area contributed by atoms with Gasteiger partial charge in [-0.15, -0.1) is 0 Å². The zero-order valence-corrected chi connectivity index (χ0v) is 25.6. The van der Waals surface area contributed by atoms with Crippen LogP contribution in [0, 0.1) is 0 Å². The summed E-state index contributed by atoms with van der Waals surface area (Å²) in [5, 5.41) is 3.02. The van der Waals surface area contributed by atoms with E-state index in [1.807, 2.05) is 72.2 Å². The first-order valence-electron chi connectivity index (χ1n) is 13.7. The zero-order chi connectivity index (χ0) is 29.9. The molecule has 0 fully saturated rings. The maximum atomic E-state index is 11.5. The van der Waals surface area contributed by atoms with E-state index in [1.54, 1.807) is 11.8 Å². The lowest BCUT2D eigenvalue weighted by molar-refractivity contribution is -0.677. The number of anilines is 1. The van der Waals surface area contributed by atoms with Crippen molar-refractivity contribution in [3.8, 4) is 0 Å². The monoisotopic (exact) mass is 629 g/mol. The van der Waals surface area contributed by atoms with Crippen LogP contribution < -0.4 is 9.47 Å². The normalized spacial score (nSPS) is 15.3. The molecule has 3 aromatic carbocycles. The SMILES string of the molecule is CCC(/C=C1\Sc2ccccc2N1CCCCS(=O)(=O)O)=C\c1oc2ccc3ccccc3c2[n+]1CCCS(=O)(=O)O. The second kappa shape index (κ2) is 12.6. The molecule has 0 unspecified atom stereocenters. The van der Waals surface area contributed by atoms with Gasteiger partial charge in [-0.05, 0) is 60.6 Å². The van der Waals surface area contributed by atoms with Crippen LogP contribution in [0.4, 0.5) is 5.69 Å². The van der Waals surface area contributed by atoms with Gasteiger partial charge in [-0.2, -0.15) is 21.4 Å². The number of oxazole rings is 1. The van der Waals surface area contributed by atoms with Crippen LogP contribution in [0.15, 0.2) is 86.7 Å². The Morgan fingerprint density at radius 1 is 0.929 bits per heavy atom. The lowest BCUT2D eigenvalue weighted by Gasteiger charge is -2.20. The summed E-state index contributed by atoms with van der Waals surface area (Å²) in [6.45, 7) is 2.97. The predicted molar refractivity (Wildman–Crippen MR) is 167 cm³/mol. The third-order valence-corrected chi connectivity index (χ3v) is 9.82. The third-order valence-electron chi connectivity index (χ3n) is 7.09. The highest BCUT2D eigenvalue weighted by molar-refractivity contribution is 8.03. The summed E-state index contributed by atoms with van der Waals surface area (Å²) in [6, 6.07) is 19.9.